The molecule has 130 valence electrons. The van der Waals surface area contributed by atoms with Gasteiger partial charge in [0.25, 0.3) is 0 Å². The molecule has 0 unspecified atom stereocenters. The van der Waals surface area contributed by atoms with Gasteiger partial charge in [0.2, 0.25) is 0 Å². The molecule has 0 spiro atoms. The van der Waals surface area contributed by atoms with Crippen molar-refractivity contribution < 1.29 is 14.6 Å². The molecule has 0 aliphatic carbocycles. The lowest BCUT2D eigenvalue weighted by Crippen LogP contribution is -2.29. The highest BCUT2D eigenvalue weighted by Gasteiger charge is 2.12. The van der Waals surface area contributed by atoms with Gasteiger partial charge in [0.1, 0.15) is 5.75 Å². The van der Waals surface area contributed by atoms with Gasteiger partial charge in [-0.2, -0.15) is 0 Å². The molecule has 1 fully saturated rings. The highest BCUT2D eigenvalue weighted by molar-refractivity contribution is 5.95. The Bertz CT molecular complexity index is 742. The zero-order chi connectivity index (χ0) is 17.6. The van der Waals surface area contributed by atoms with Gasteiger partial charge in [0.05, 0.1) is 7.11 Å². The molecule has 0 saturated carbocycles. The number of anilines is 1. The SMILES string of the molecule is COc1ccc(/C(=C\C(=O)O)c2ccc(N3CCCCC3)cc2)cc1. The van der Waals surface area contributed by atoms with Crippen LogP contribution in [0.1, 0.15) is 30.4 Å². The maximum absolute atomic E-state index is 11.3. The van der Waals surface area contributed by atoms with Gasteiger partial charge in [0.15, 0.2) is 0 Å². The lowest BCUT2D eigenvalue weighted by Gasteiger charge is -2.29. The average molecular weight is 337 g/mol. The Morgan fingerprint density at radius 1 is 0.960 bits per heavy atom. The second kappa shape index (κ2) is 7.88. The number of benzene rings is 2. The van der Waals surface area contributed by atoms with E-state index in [0.717, 1.165) is 30.0 Å². The van der Waals surface area contributed by atoms with E-state index in [1.165, 1.54) is 31.0 Å². The number of carbonyl (C=O) groups is 1. The third-order valence-electron chi connectivity index (χ3n) is 4.57. The molecule has 4 nitrogen and oxygen atoms in total. The maximum atomic E-state index is 11.3. The number of carboxylic acids is 1. The van der Waals surface area contributed by atoms with Crippen LogP contribution in [0.4, 0.5) is 5.69 Å². The normalized spacial score (nSPS) is 15.1. The van der Waals surface area contributed by atoms with Crippen LogP contribution in [0.25, 0.3) is 5.57 Å². The van der Waals surface area contributed by atoms with Gasteiger partial charge in [-0.25, -0.2) is 4.79 Å². The van der Waals surface area contributed by atoms with Crippen molar-refractivity contribution in [1.29, 1.82) is 0 Å². The van der Waals surface area contributed by atoms with Crippen LogP contribution < -0.4 is 9.64 Å². The molecule has 3 rings (SSSR count). The molecule has 0 amide bonds. The first-order valence-corrected chi connectivity index (χ1v) is 8.62. The van der Waals surface area contributed by atoms with Crippen LogP contribution in [-0.2, 0) is 4.79 Å². The topological polar surface area (TPSA) is 49.8 Å². The van der Waals surface area contributed by atoms with Gasteiger partial charge in [-0.1, -0.05) is 24.3 Å². The number of hydrogen-bond donors (Lipinski definition) is 1. The van der Waals surface area contributed by atoms with E-state index in [-0.39, 0.29) is 0 Å². The first-order chi connectivity index (χ1) is 12.2. The maximum Gasteiger partial charge on any atom is 0.328 e. The van der Waals surface area contributed by atoms with E-state index < -0.39 is 5.97 Å². The van der Waals surface area contributed by atoms with Gasteiger partial charge < -0.3 is 14.7 Å². The Hall–Kier alpha value is -2.75. The lowest BCUT2D eigenvalue weighted by atomic mass is 9.97. The molecule has 1 N–H and O–H groups in total. The van der Waals surface area contributed by atoms with Crippen molar-refractivity contribution in [2.24, 2.45) is 0 Å². The largest absolute Gasteiger partial charge is 0.497 e. The molecule has 2 aromatic carbocycles. The number of ether oxygens (including phenoxy) is 1. The van der Waals surface area contributed by atoms with Crippen molar-refractivity contribution in [3.8, 4) is 5.75 Å². The standard InChI is InChI=1S/C21H23NO3/c1-25-19-11-7-17(8-12-19)20(15-21(23)24)16-5-9-18(10-6-16)22-13-3-2-4-14-22/h5-12,15H,2-4,13-14H2,1H3,(H,23,24)/b20-15-. The number of rotatable bonds is 5. The van der Waals surface area contributed by atoms with Gasteiger partial charge >= 0.3 is 5.97 Å². The summed E-state index contributed by atoms with van der Waals surface area (Å²) in [6.07, 6.45) is 5.03. The molecule has 1 aliphatic rings. The molecular formula is C21H23NO3. The number of nitrogens with zero attached hydrogens (tertiary/aromatic N) is 1. The van der Waals surface area contributed by atoms with Crippen molar-refractivity contribution >= 4 is 17.2 Å². The number of piperidine rings is 1. The van der Waals surface area contributed by atoms with Crippen molar-refractivity contribution in [3.05, 3.63) is 65.7 Å². The number of hydrogen-bond acceptors (Lipinski definition) is 3. The van der Waals surface area contributed by atoms with Crippen LogP contribution in [0.5, 0.6) is 5.75 Å². The second-order valence-corrected chi connectivity index (χ2v) is 6.22. The van der Waals surface area contributed by atoms with Crippen LogP contribution >= 0.6 is 0 Å². The third-order valence-corrected chi connectivity index (χ3v) is 4.57. The Labute approximate surface area is 148 Å². The smallest absolute Gasteiger partial charge is 0.328 e. The minimum Gasteiger partial charge on any atom is -0.497 e. The summed E-state index contributed by atoms with van der Waals surface area (Å²) in [4.78, 5) is 13.7. The Balaban J connectivity index is 1.89. The van der Waals surface area contributed by atoms with Gasteiger partial charge in [-0.15, -0.1) is 0 Å². The zero-order valence-electron chi connectivity index (χ0n) is 14.4. The monoisotopic (exact) mass is 337 g/mol. The molecule has 1 saturated heterocycles. The second-order valence-electron chi connectivity index (χ2n) is 6.22. The van der Waals surface area contributed by atoms with Crippen LogP contribution in [0, 0.1) is 0 Å². The van der Waals surface area contributed by atoms with E-state index >= 15 is 0 Å². The lowest BCUT2D eigenvalue weighted by molar-refractivity contribution is -0.131. The fraction of sp³-hybridized carbons (Fsp3) is 0.286. The summed E-state index contributed by atoms with van der Waals surface area (Å²) >= 11 is 0. The van der Waals surface area contributed by atoms with Crippen LogP contribution in [0.3, 0.4) is 0 Å². The fourth-order valence-electron chi connectivity index (χ4n) is 3.23. The number of methoxy groups -OCH3 is 1. The molecule has 4 heteroatoms. The van der Waals surface area contributed by atoms with Gasteiger partial charge in [0, 0.05) is 24.9 Å². The molecule has 25 heavy (non-hydrogen) atoms. The van der Waals surface area contributed by atoms with Crippen LogP contribution in [0.15, 0.2) is 54.6 Å². The minimum atomic E-state index is -0.953. The summed E-state index contributed by atoms with van der Waals surface area (Å²) in [6.45, 7) is 2.19. The first kappa shape index (κ1) is 17.1. The summed E-state index contributed by atoms with van der Waals surface area (Å²) in [5.41, 5.74) is 3.65. The minimum absolute atomic E-state index is 0.695. The van der Waals surface area contributed by atoms with E-state index in [4.69, 9.17) is 4.74 Å². The Morgan fingerprint density at radius 3 is 2.04 bits per heavy atom. The summed E-state index contributed by atoms with van der Waals surface area (Å²) in [5, 5.41) is 9.26. The predicted molar refractivity (Wildman–Crippen MR) is 100 cm³/mol. The Morgan fingerprint density at radius 2 is 1.52 bits per heavy atom. The summed E-state index contributed by atoms with van der Waals surface area (Å²) < 4.78 is 5.18. The van der Waals surface area contributed by atoms with Crippen molar-refractivity contribution in [2.75, 3.05) is 25.1 Å². The average Bonchev–Trinajstić information content (AvgIpc) is 2.67. The highest BCUT2D eigenvalue weighted by atomic mass is 16.5. The Kier molecular flexibility index (Phi) is 5.39. The summed E-state index contributed by atoms with van der Waals surface area (Å²) in [6, 6.07) is 15.6. The number of aliphatic carboxylic acids is 1. The predicted octanol–water partition coefficient (Wildman–Crippen LogP) is 4.20. The van der Waals surface area contributed by atoms with Crippen LogP contribution in [-0.4, -0.2) is 31.3 Å². The molecule has 1 heterocycles. The molecular weight excluding hydrogens is 314 g/mol. The van der Waals surface area contributed by atoms with Crippen molar-refractivity contribution in [3.63, 3.8) is 0 Å². The first-order valence-electron chi connectivity index (χ1n) is 8.62. The zero-order valence-corrected chi connectivity index (χ0v) is 14.4. The third kappa shape index (κ3) is 4.21. The van der Waals surface area contributed by atoms with Crippen LogP contribution in [0.2, 0.25) is 0 Å². The molecule has 0 atom stereocenters. The van der Waals surface area contributed by atoms with E-state index in [0.29, 0.717) is 5.57 Å². The molecule has 0 radical (unpaired) electrons. The summed E-state index contributed by atoms with van der Waals surface area (Å²) in [7, 11) is 1.61. The van der Waals surface area contributed by atoms with E-state index in [2.05, 4.69) is 17.0 Å². The molecule has 2 aromatic rings. The van der Waals surface area contributed by atoms with E-state index in [1.54, 1.807) is 7.11 Å². The van der Waals surface area contributed by atoms with E-state index in [1.807, 2.05) is 36.4 Å². The van der Waals surface area contributed by atoms with Crippen molar-refractivity contribution in [1.82, 2.24) is 0 Å². The van der Waals surface area contributed by atoms with Gasteiger partial charge in [-0.05, 0) is 60.2 Å². The van der Waals surface area contributed by atoms with Gasteiger partial charge in [-0.3, -0.25) is 0 Å². The summed E-state index contributed by atoms with van der Waals surface area (Å²) in [5.74, 6) is -0.204. The quantitative estimate of drug-likeness (QED) is 0.831. The van der Waals surface area contributed by atoms with E-state index in [9.17, 15) is 9.90 Å². The van der Waals surface area contributed by atoms with Crippen molar-refractivity contribution in [2.45, 2.75) is 19.3 Å². The fourth-order valence-corrected chi connectivity index (χ4v) is 3.23. The molecule has 0 aromatic heterocycles. The number of carboxylic acid groups (broad SMARTS) is 1. The molecule has 0 bridgehead atoms. The molecule has 1 aliphatic heterocycles. The highest BCUT2D eigenvalue weighted by Crippen LogP contribution is 2.28.